The van der Waals surface area contributed by atoms with Crippen molar-refractivity contribution in [1.82, 2.24) is 15.1 Å². The lowest BCUT2D eigenvalue weighted by Crippen LogP contribution is -2.44. The summed E-state index contributed by atoms with van der Waals surface area (Å²) in [5.41, 5.74) is 1.15. The van der Waals surface area contributed by atoms with Crippen LogP contribution in [0.4, 0.5) is 0 Å². The summed E-state index contributed by atoms with van der Waals surface area (Å²) in [6, 6.07) is 2.48. The lowest BCUT2D eigenvalue weighted by Gasteiger charge is -2.26. The summed E-state index contributed by atoms with van der Waals surface area (Å²) in [5.74, 6) is 0.642. The van der Waals surface area contributed by atoms with E-state index in [9.17, 15) is 0 Å². The van der Waals surface area contributed by atoms with Gasteiger partial charge >= 0.3 is 0 Å². The monoisotopic (exact) mass is 251 g/mol. The first-order valence-electron chi connectivity index (χ1n) is 7.04. The smallest absolute Gasteiger partial charge is 0.0758 e. The topological polar surface area (TPSA) is 39.1 Å². The Kier molecular flexibility index (Phi) is 4.78. The number of aromatic nitrogens is 2. The molecule has 0 radical (unpaired) electrons. The second kappa shape index (κ2) is 6.34. The average molecular weight is 251 g/mol. The predicted molar refractivity (Wildman–Crippen MR) is 72.5 cm³/mol. The number of nitrogens with one attached hydrogen (secondary N) is 1. The maximum atomic E-state index is 5.91. The summed E-state index contributed by atoms with van der Waals surface area (Å²) in [6.07, 6.45) is 5.62. The van der Waals surface area contributed by atoms with E-state index in [1.807, 2.05) is 17.9 Å². The third-order valence-corrected chi connectivity index (χ3v) is 3.70. The van der Waals surface area contributed by atoms with Crippen molar-refractivity contribution in [3.8, 4) is 0 Å². The van der Waals surface area contributed by atoms with Crippen LogP contribution in [0.25, 0.3) is 0 Å². The van der Waals surface area contributed by atoms with E-state index in [4.69, 9.17) is 4.74 Å². The Balaban J connectivity index is 2.00. The van der Waals surface area contributed by atoms with Gasteiger partial charge in [0, 0.05) is 32.3 Å². The van der Waals surface area contributed by atoms with Crippen molar-refractivity contribution in [3.05, 3.63) is 18.0 Å². The normalized spacial score (nSPS) is 25.5. The third-order valence-electron chi connectivity index (χ3n) is 3.70. The predicted octanol–water partition coefficient (Wildman–Crippen LogP) is 1.76. The maximum absolute atomic E-state index is 5.91. The summed E-state index contributed by atoms with van der Waals surface area (Å²) >= 11 is 0. The Morgan fingerprint density at radius 1 is 1.61 bits per heavy atom. The summed E-state index contributed by atoms with van der Waals surface area (Å²) in [6.45, 7) is 6.43. The molecule has 0 bridgehead atoms. The first kappa shape index (κ1) is 13.6. The zero-order valence-corrected chi connectivity index (χ0v) is 11.7. The van der Waals surface area contributed by atoms with E-state index in [1.165, 1.54) is 6.42 Å². The minimum Gasteiger partial charge on any atom is -0.376 e. The van der Waals surface area contributed by atoms with Crippen LogP contribution in [0.1, 0.15) is 32.4 Å². The fourth-order valence-electron chi connectivity index (χ4n) is 2.66. The van der Waals surface area contributed by atoms with Crippen molar-refractivity contribution in [3.63, 3.8) is 0 Å². The van der Waals surface area contributed by atoms with Gasteiger partial charge in [0.15, 0.2) is 0 Å². The van der Waals surface area contributed by atoms with Crippen LogP contribution in [-0.4, -0.2) is 35.1 Å². The van der Waals surface area contributed by atoms with Gasteiger partial charge < -0.3 is 10.1 Å². The minimum absolute atomic E-state index is 0.332. The van der Waals surface area contributed by atoms with Crippen LogP contribution in [-0.2, 0) is 18.2 Å². The molecule has 1 aliphatic rings. The molecular weight excluding hydrogens is 226 g/mol. The molecule has 4 nitrogen and oxygen atoms in total. The average Bonchev–Trinajstić information content (AvgIpc) is 2.93. The number of rotatable bonds is 6. The van der Waals surface area contributed by atoms with E-state index in [-0.39, 0.29) is 0 Å². The highest BCUT2D eigenvalue weighted by Crippen LogP contribution is 2.24. The molecule has 4 heteroatoms. The number of nitrogens with zero attached hydrogens (tertiary/aromatic N) is 2. The molecule has 3 unspecified atom stereocenters. The van der Waals surface area contributed by atoms with Gasteiger partial charge in [-0.2, -0.15) is 5.10 Å². The Morgan fingerprint density at radius 3 is 3.00 bits per heavy atom. The van der Waals surface area contributed by atoms with Gasteiger partial charge in [0.2, 0.25) is 0 Å². The SMILES string of the molecule is CCCNC(Cc1ccn(C)n1)C1OCCC1C. The molecule has 1 aliphatic heterocycles. The van der Waals surface area contributed by atoms with Crippen molar-refractivity contribution in [1.29, 1.82) is 0 Å². The Labute approximate surface area is 110 Å². The van der Waals surface area contributed by atoms with E-state index < -0.39 is 0 Å². The Bertz CT molecular complexity index is 364. The van der Waals surface area contributed by atoms with Crippen LogP contribution in [0.2, 0.25) is 0 Å². The first-order valence-corrected chi connectivity index (χ1v) is 7.04. The molecule has 1 saturated heterocycles. The number of hydrogen-bond donors (Lipinski definition) is 1. The molecule has 2 rings (SSSR count). The molecule has 0 saturated carbocycles. The summed E-state index contributed by atoms with van der Waals surface area (Å²) in [7, 11) is 1.96. The van der Waals surface area contributed by atoms with Gasteiger partial charge in [-0.25, -0.2) is 0 Å². The van der Waals surface area contributed by atoms with Gasteiger partial charge in [0.05, 0.1) is 11.8 Å². The van der Waals surface area contributed by atoms with Gasteiger partial charge in [-0.05, 0) is 31.4 Å². The Hall–Kier alpha value is -0.870. The molecule has 1 N–H and O–H groups in total. The molecule has 0 aromatic carbocycles. The molecular formula is C14H25N3O. The van der Waals surface area contributed by atoms with Crippen LogP contribution in [0.5, 0.6) is 0 Å². The highest BCUT2D eigenvalue weighted by Gasteiger charge is 2.32. The molecule has 2 heterocycles. The molecule has 1 fully saturated rings. The summed E-state index contributed by atoms with van der Waals surface area (Å²) in [4.78, 5) is 0. The summed E-state index contributed by atoms with van der Waals surface area (Å²) in [5, 5.41) is 8.10. The second-order valence-corrected chi connectivity index (χ2v) is 5.35. The molecule has 1 aromatic heterocycles. The van der Waals surface area contributed by atoms with Crippen LogP contribution >= 0.6 is 0 Å². The van der Waals surface area contributed by atoms with Crippen LogP contribution in [0.3, 0.4) is 0 Å². The van der Waals surface area contributed by atoms with Gasteiger partial charge in [-0.1, -0.05) is 13.8 Å². The van der Waals surface area contributed by atoms with Crippen molar-refractivity contribution in [2.45, 2.75) is 45.3 Å². The maximum Gasteiger partial charge on any atom is 0.0758 e. The van der Waals surface area contributed by atoms with Gasteiger partial charge in [-0.15, -0.1) is 0 Å². The minimum atomic E-state index is 0.332. The molecule has 102 valence electrons. The number of ether oxygens (including phenoxy) is 1. The quantitative estimate of drug-likeness (QED) is 0.837. The van der Waals surface area contributed by atoms with Crippen LogP contribution < -0.4 is 5.32 Å². The molecule has 1 aromatic rings. The van der Waals surface area contributed by atoms with E-state index in [2.05, 4.69) is 30.3 Å². The largest absolute Gasteiger partial charge is 0.376 e. The van der Waals surface area contributed by atoms with Crippen molar-refractivity contribution in [2.75, 3.05) is 13.2 Å². The van der Waals surface area contributed by atoms with E-state index >= 15 is 0 Å². The first-order chi connectivity index (χ1) is 8.70. The van der Waals surface area contributed by atoms with Gasteiger partial charge in [0.25, 0.3) is 0 Å². The van der Waals surface area contributed by atoms with Crippen molar-refractivity contribution >= 4 is 0 Å². The highest BCUT2D eigenvalue weighted by atomic mass is 16.5. The number of hydrogen-bond acceptors (Lipinski definition) is 3. The molecule has 3 atom stereocenters. The molecule has 18 heavy (non-hydrogen) atoms. The Morgan fingerprint density at radius 2 is 2.44 bits per heavy atom. The molecule has 0 spiro atoms. The third kappa shape index (κ3) is 3.33. The number of aryl methyl sites for hydroxylation is 1. The fourth-order valence-corrected chi connectivity index (χ4v) is 2.66. The fraction of sp³-hybridized carbons (Fsp3) is 0.786. The van der Waals surface area contributed by atoms with Crippen molar-refractivity contribution in [2.24, 2.45) is 13.0 Å². The zero-order valence-electron chi connectivity index (χ0n) is 11.7. The van der Waals surface area contributed by atoms with Crippen LogP contribution in [0.15, 0.2) is 12.3 Å². The van der Waals surface area contributed by atoms with E-state index in [1.54, 1.807) is 0 Å². The second-order valence-electron chi connectivity index (χ2n) is 5.35. The van der Waals surface area contributed by atoms with E-state index in [0.717, 1.165) is 31.7 Å². The van der Waals surface area contributed by atoms with Crippen molar-refractivity contribution < 1.29 is 4.74 Å². The lowest BCUT2D eigenvalue weighted by molar-refractivity contribution is 0.0607. The molecule has 0 amide bonds. The highest BCUT2D eigenvalue weighted by molar-refractivity contribution is 5.03. The molecule has 0 aliphatic carbocycles. The standard InChI is InChI=1S/C14H25N3O/c1-4-7-15-13(14-11(2)6-9-18-14)10-12-5-8-17(3)16-12/h5,8,11,13-15H,4,6-7,9-10H2,1-3H3. The zero-order chi connectivity index (χ0) is 13.0. The van der Waals surface area contributed by atoms with Gasteiger partial charge in [-0.3, -0.25) is 4.68 Å². The van der Waals surface area contributed by atoms with Gasteiger partial charge in [0.1, 0.15) is 0 Å². The van der Waals surface area contributed by atoms with Crippen LogP contribution in [0, 0.1) is 5.92 Å². The lowest BCUT2D eigenvalue weighted by atomic mass is 9.94. The van der Waals surface area contributed by atoms with E-state index in [0.29, 0.717) is 18.1 Å². The summed E-state index contributed by atoms with van der Waals surface area (Å²) < 4.78 is 7.77.